The average molecular weight is 432 g/mol. The predicted octanol–water partition coefficient (Wildman–Crippen LogP) is 3.38. The van der Waals surface area contributed by atoms with Crippen LogP contribution < -0.4 is 10.6 Å². The minimum Gasteiger partial charge on any atom is -0.449 e. The lowest BCUT2D eigenvalue weighted by atomic mass is 10.1. The molecule has 1 atom stereocenters. The first-order valence-electron chi connectivity index (χ1n) is 10.4. The molecule has 1 heterocycles. The Morgan fingerprint density at radius 3 is 2.41 bits per heavy atom. The molecule has 0 saturated heterocycles. The van der Waals surface area contributed by atoms with E-state index in [9.17, 15) is 14.4 Å². The Morgan fingerprint density at radius 1 is 1.06 bits per heavy atom. The van der Waals surface area contributed by atoms with E-state index in [2.05, 4.69) is 15.7 Å². The highest BCUT2D eigenvalue weighted by atomic mass is 16.5. The van der Waals surface area contributed by atoms with Crippen molar-refractivity contribution in [1.29, 1.82) is 0 Å². The summed E-state index contributed by atoms with van der Waals surface area (Å²) < 4.78 is 6.97. The van der Waals surface area contributed by atoms with E-state index in [4.69, 9.17) is 4.74 Å². The Balaban J connectivity index is 1.55. The third-order valence-corrected chi connectivity index (χ3v) is 5.08. The largest absolute Gasteiger partial charge is 0.449 e. The molecule has 3 amide bonds. The minimum absolute atomic E-state index is 0.113. The van der Waals surface area contributed by atoms with Gasteiger partial charge in [0.15, 0.2) is 6.10 Å². The molecule has 2 aromatic carbocycles. The maximum Gasteiger partial charge on any atom is 0.342 e. The molecule has 32 heavy (non-hydrogen) atoms. The predicted molar refractivity (Wildman–Crippen MR) is 118 cm³/mol. The highest BCUT2D eigenvalue weighted by Gasteiger charge is 2.27. The number of imide groups is 1. The molecule has 164 valence electrons. The van der Waals surface area contributed by atoms with Gasteiger partial charge in [0, 0.05) is 17.8 Å². The van der Waals surface area contributed by atoms with Crippen molar-refractivity contribution >= 4 is 17.9 Å². The number of nitrogens with zero attached hydrogens (tertiary/aromatic N) is 2. The summed E-state index contributed by atoms with van der Waals surface area (Å²) in [5.41, 5.74) is 3.30. The summed E-state index contributed by atoms with van der Waals surface area (Å²) in [6.07, 6.45) is 2.23. The average Bonchev–Trinajstić information content (AvgIpc) is 3.48. The third-order valence-electron chi connectivity index (χ3n) is 5.08. The minimum atomic E-state index is -1.15. The van der Waals surface area contributed by atoms with Crippen molar-refractivity contribution in [2.24, 2.45) is 0 Å². The van der Waals surface area contributed by atoms with E-state index >= 15 is 0 Å². The van der Waals surface area contributed by atoms with Crippen LogP contribution in [0.25, 0.3) is 16.9 Å². The van der Waals surface area contributed by atoms with E-state index in [-0.39, 0.29) is 11.6 Å². The lowest BCUT2D eigenvalue weighted by Crippen LogP contribution is -2.45. The number of rotatable bonds is 6. The summed E-state index contributed by atoms with van der Waals surface area (Å²) in [5, 5.41) is 9.45. The van der Waals surface area contributed by atoms with E-state index in [1.807, 2.05) is 61.5 Å². The number of esters is 1. The van der Waals surface area contributed by atoms with Gasteiger partial charge in [-0.2, -0.15) is 5.10 Å². The number of carbonyl (C=O) groups excluding carboxylic acids is 3. The molecule has 1 aromatic heterocycles. The van der Waals surface area contributed by atoms with Gasteiger partial charge in [0.1, 0.15) is 11.3 Å². The highest BCUT2D eigenvalue weighted by Crippen LogP contribution is 2.25. The molecule has 1 unspecified atom stereocenters. The number of hydrogen-bond donors (Lipinski definition) is 2. The van der Waals surface area contributed by atoms with Crippen LogP contribution in [0.4, 0.5) is 4.79 Å². The third kappa shape index (κ3) is 5.03. The molecular weight excluding hydrogens is 408 g/mol. The number of urea groups is 1. The van der Waals surface area contributed by atoms with Crippen molar-refractivity contribution in [3.63, 3.8) is 0 Å². The first kappa shape index (κ1) is 21.3. The van der Waals surface area contributed by atoms with Crippen LogP contribution in [0.2, 0.25) is 0 Å². The molecule has 1 aliphatic rings. The standard InChI is InChI=1S/C24H24N4O4/c1-15-8-12-19(13-9-15)28-14-20(21(27-28)17-6-4-3-5-7-17)23(30)32-16(2)22(29)26-24(31)25-18-10-11-18/h3-9,12-14,16,18H,10-11H2,1-2H3,(H2,25,26,29,31). The first-order chi connectivity index (χ1) is 15.4. The zero-order valence-electron chi connectivity index (χ0n) is 17.9. The Hall–Kier alpha value is -3.94. The van der Waals surface area contributed by atoms with Gasteiger partial charge in [-0.15, -0.1) is 0 Å². The summed E-state index contributed by atoms with van der Waals surface area (Å²) in [6, 6.07) is 16.5. The van der Waals surface area contributed by atoms with E-state index < -0.39 is 24.0 Å². The van der Waals surface area contributed by atoms with Gasteiger partial charge in [-0.3, -0.25) is 10.1 Å². The van der Waals surface area contributed by atoms with Crippen molar-refractivity contribution in [2.45, 2.75) is 38.8 Å². The molecule has 2 N–H and O–H groups in total. The van der Waals surface area contributed by atoms with Gasteiger partial charge in [0.2, 0.25) is 0 Å². The van der Waals surface area contributed by atoms with Crippen molar-refractivity contribution in [1.82, 2.24) is 20.4 Å². The molecule has 0 radical (unpaired) electrons. The second-order valence-electron chi connectivity index (χ2n) is 7.82. The topological polar surface area (TPSA) is 102 Å². The van der Waals surface area contributed by atoms with E-state index in [1.165, 1.54) is 6.92 Å². The SMILES string of the molecule is Cc1ccc(-n2cc(C(=O)OC(C)C(=O)NC(=O)NC3CC3)c(-c3ccccc3)n2)cc1. The van der Waals surface area contributed by atoms with Crippen LogP contribution >= 0.6 is 0 Å². The van der Waals surface area contributed by atoms with E-state index in [0.717, 1.165) is 29.7 Å². The van der Waals surface area contributed by atoms with Gasteiger partial charge < -0.3 is 10.1 Å². The fourth-order valence-electron chi connectivity index (χ4n) is 3.10. The zero-order chi connectivity index (χ0) is 22.7. The van der Waals surface area contributed by atoms with Crippen molar-refractivity contribution in [3.8, 4) is 16.9 Å². The van der Waals surface area contributed by atoms with Crippen molar-refractivity contribution < 1.29 is 19.1 Å². The number of aryl methyl sites for hydroxylation is 1. The number of hydrogen-bond acceptors (Lipinski definition) is 5. The van der Waals surface area contributed by atoms with Crippen LogP contribution in [0.15, 0.2) is 60.8 Å². The Bertz CT molecular complexity index is 1130. The lowest BCUT2D eigenvalue weighted by Gasteiger charge is -2.13. The normalized spacial score (nSPS) is 13.8. The van der Waals surface area contributed by atoms with Gasteiger partial charge >= 0.3 is 12.0 Å². The summed E-state index contributed by atoms with van der Waals surface area (Å²) in [5.74, 6) is -1.39. The molecule has 8 nitrogen and oxygen atoms in total. The quantitative estimate of drug-likeness (QED) is 0.582. The number of nitrogens with one attached hydrogen (secondary N) is 2. The monoisotopic (exact) mass is 432 g/mol. The maximum absolute atomic E-state index is 13.0. The molecule has 1 fully saturated rings. The van der Waals surface area contributed by atoms with Gasteiger partial charge in [-0.05, 0) is 38.8 Å². The summed E-state index contributed by atoms with van der Waals surface area (Å²) >= 11 is 0. The highest BCUT2D eigenvalue weighted by molar-refractivity contribution is 6.00. The first-order valence-corrected chi connectivity index (χ1v) is 10.4. The molecular formula is C24H24N4O4. The summed E-state index contributed by atoms with van der Waals surface area (Å²) in [4.78, 5) is 37.0. The van der Waals surface area contributed by atoms with Gasteiger partial charge in [0.05, 0.1) is 5.69 Å². The molecule has 1 aliphatic carbocycles. The van der Waals surface area contributed by atoms with Gasteiger partial charge in [-0.25, -0.2) is 14.3 Å². The number of amides is 3. The smallest absolute Gasteiger partial charge is 0.342 e. The fourth-order valence-corrected chi connectivity index (χ4v) is 3.10. The van der Waals surface area contributed by atoms with Crippen LogP contribution in [-0.2, 0) is 9.53 Å². The van der Waals surface area contributed by atoms with E-state index in [0.29, 0.717) is 5.69 Å². The molecule has 0 spiro atoms. The molecule has 3 aromatic rings. The van der Waals surface area contributed by atoms with E-state index in [1.54, 1.807) is 10.9 Å². The molecule has 0 aliphatic heterocycles. The molecule has 0 bridgehead atoms. The van der Waals surface area contributed by atoms with Crippen LogP contribution in [0, 0.1) is 6.92 Å². The van der Waals surface area contributed by atoms with Crippen LogP contribution in [0.1, 0.15) is 35.7 Å². The fraction of sp³-hybridized carbons (Fsp3) is 0.250. The summed E-state index contributed by atoms with van der Waals surface area (Å²) in [6.45, 7) is 3.41. The Kier molecular flexibility index (Phi) is 6.02. The maximum atomic E-state index is 13.0. The Morgan fingerprint density at radius 2 is 1.75 bits per heavy atom. The Labute approximate surface area is 185 Å². The zero-order valence-corrected chi connectivity index (χ0v) is 17.9. The second-order valence-corrected chi connectivity index (χ2v) is 7.82. The van der Waals surface area contributed by atoms with Crippen LogP contribution in [0.3, 0.4) is 0 Å². The van der Waals surface area contributed by atoms with Crippen molar-refractivity contribution in [2.75, 3.05) is 0 Å². The number of carbonyl (C=O) groups is 3. The van der Waals surface area contributed by atoms with Crippen LogP contribution in [0.5, 0.6) is 0 Å². The van der Waals surface area contributed by atoms with Gasteiger partial charge in [0.25, 0.3) is 5.91 Å². The molecule has 1 saturated carbocycles. The lowest BCUT2D eigenvalue weighted by molar-refractivity contribution is -0.127. The number of benzene rings is 2. The number of ether oxygens (including phenoxy) is 1. The number of aromatic nitrogens is 2. The van der Waals surface area contributed by atoms with Crippen LogP contribution in [-0.4, -0.2) is 39.8 Å². The second kappa shape index (κ2) is 9.05. The van der Waals surface area contributed by atoms with Crippen molar-refractivity contribution in [3.05, 3.63) is 71.9 Å². The molecule has 8 heteroatoms. The summed E-state index contributed by atoms with van der Waals surface area (Å²) in [7, 11) is 0. The van der Waals surface area contributed by atoms with Gasteiger partial charge in [-0.1, -0.05) is 48.0 Å². The molecule has 4 rings (SSSR count).